The Morgan fingerprint density at radius 2 is 1.77 bits per heavy atom. The molecular weight excluding hydrogens is 338 g/mol. The molecule has 2 aromatic carbocycles. The van der Waals surface area contributed by atoms with Crippen molar-refractivity contribution in [3.63, 3.8) is 0 Å². The lowest BCUT2D eigenvalue weighted by molar-refractivity contribution is -0.384. The number of hydrogen-bond acceptors (Lipinski definition) is 7. The number of nitriles is 2. The third kappa shape index (κ3) is 4.51. The number of non-ortho nitro benzene ring substituents is 1. The minimum atomic E-state index is -1.51. The van der Waals surface area contributed by atoms with Crippen molar-refractivity contribution in [1.29, 1.82) is 10.5 Å². The van der Waals surface area contributed by atoms with E-state index in [1.807, 2.05) is 0 Å². The lowest BCUT2D eigenvalue weighted by Gasteiger charge is -2.05. The number of carbonyl (C=O) groups is 1. The van der Waals surface area contributed by atoms with Gasteiger partial charge in [-0.3, -0.25) is 10.1 Å². The number of ether oxygens (including phenoxy) is 1. The number of hydrogen-bond donors (Lipinski definition) is 1. The van der Waals surface area contributed by atoms with Crippen LogP contribution in [0.5, 0.6) is 5.75 Å². The van der Waals surface area contributed by atoms with Gasteiger partial charge in [0.05, 0.1) is 28.2 Å². The second-order valence-corrected chi connectivity index (χ2v) is 5.01. The van der Waals surface area contributed by atoms with Crippen molar-refractivity contribution in [3.8, 4) is 17.9 Å². The summed E-state index contributed by atoms with van der Waals surface area (Å²) in [6, 6.07) is 14.3. The Balaban J connectivity index is 2.10. The first-order valence-corrected chi connectivity index (χ1v) is 7.20. The van der Waals surface area contributed by atoms with Crippen LogP contribution in [0.3, 0.4) is 0 Å². The lowest BCUT2D eigenvalue weighted by Crippen LogP contribution is -2.08. The van der Waals surface area contributed by atoms with Gasteiger partial charge < -0.3 is 9.84 Å². The fourth-order valence-corrected chi connectivity index (χ4v) is 1.94. The zero-order valence-electron chi connectivity index (χ0n) is 13.2. The highest BCUT2D eigenvalue weighted by Crippen LogP contribution is 2.18. The summed E-state index contributed by atoms with van der Waals surface area (Å²) in [5.41, 5.74) is 0.447. The fraction of sp³-hybridized carbons (Fsp3) is 0.0556. The van der Waals surface area contributed by atoms with Crippen LogP contribution in [-0.2, 0) is 0 Å². The first-order valence-electron chi connectivity index (χ1n) is 7.20. The Kier molecular flexibility index (Phi) is 5.78. The van der Waals surface area contributed by atoms with Gasteiger partial charge in [-0.1, -0.05) is 12.1 Å². The molecule has 8 heteroatoms. The van der Waals surface area contributed by atoms with Gasteiger partial charge in [-0.25, -0.2) is 4.79 Å². The van der Waals surface area contributed by atoms with Crippen LogP contribution in [0, 0.1) is 32.8 Å². The topological polar surface area (TPSA) is 137 Å². The molecular formula is C18H11N3O5. The van der Waals surface area contributed by atoms with Gasteiger partial charge in [0.15, 0.2) is 6.10 Å². The number of aliphatic hydroxyl groups is 1. The maximum absolute atomic E-state index is 12.0. The summed E-state index contributed by atoms with van der Waals surface area (Å²) in [6.45, 7) is 0. The summed E-state index contributed by atoms with van der Waals surface area (Å²) in [4.78, 5) is 22.0. The summed E-state index contributed by atoms with van der Waals surface area (Å²) in [5.74, 6) is -0.453. The number of esters is 1. The molecule has 0 amide bonds. The van der Waals surface area contributed by atoms with E-state index in [0.717, 1.165) is 0 Å². The molecule has 2 aromatic rings. The van der Waals surface area contributed by atoms with Crippen molar-refractivity contribution >= 4 is 17.7 Å². The number of rotatable bonds is 5. The summed E-state index contributed by atoms with van der Waals surface area (Å²) >= 11 is 0. The normalized spacial score (nSPS) is 11.7. The van der Waals surface area contributed by atoms with Gasteiger partial charge in [-0.15, -0.1) is 0 Å². The maximum Gasteiger partial charge on any atom is 0.343 e. The number of nitro groups is 1. The van der Waals surface area contributed by atoms with E-state index in [2.05, 4.69) is 0 Å². The number of nitrogens with zero attached hydrogens (tertiary/aromatic N) is 3. The predicted molar refractivity (Wildman–Crippen MR) is 89.7 cm³/mol. The molecule has 1 atom stereocenters. The third-order valence-electron chi connectivity index (χ3n) is 3.27. The molecule has 0 fully saturated rings. The highest BCUT2D eigenvalue weighted by atomic mass is 16.6. The third-order valence-corrected chi connectivity index (χ3v) is 3.27. The van der Waals surface area contributed by atoms with Crippen molar-refractivity contribution < 1.29 is 19.6 Å². The van der Waals surface area contributed by atoms with Gasteiger partial charge in [0.1, 0.15) is 5.75 Å². The number of nitro benzene ring substituents is 1. The minimum absolute atomic E-state index is 0.108. The van der Waals surface area contributed by atoms with E-state index in [4.69, 9.17) is 15.3 Å². The highest BCUT2D eigenvalue weighted by Gasteiger charge is 2.12. The predicted octanol–water partition coefficient (Wildman–Crippen LogP) is 2.61. The lowest BCUT2D eigenvalue weighted by atomic mass is 10.1. The molecule has 8 nitrogen and oxygen atoms in total. The van der Waals surface area contributed by atoms with Crippen LogP contribution in [0.15, 0.2) is 54.1 Å². The molecule has 0 heterocycles. The summed E-state index contributed by atoms with van der Waals surface area (Å²) in [5, 5.41) is 37.5. The van der Waals surface area contributed by atoms with Gasteiger partial charge in [0.25, 0.3) is 5.69 Å². The smallest absolute Gasteiger partial charge is 0.343 e. The van der Waals surface area contributed by atoms with Crippen molar-refractivity contribution in [2.24, 2.45) is 0 Å². The molecule has 0 spiro atoms. The first kappa shape index (κ1) is 18.3. The largest absolute Gasteiger partial charge is 0.423 e. The van der Waals surface area contributed by atoms with Crippen molar-refractivity contribution in [2.75, 3.05) is 0 Å². The van der Waals surface area contributed by atoms with E-state index in [9.17, 15) is 20.0 Å². The molecule has 0 bridgehead atoms. The zero-order chi connectivity index (χ0) is 19.1. The van der Waals surface area contributed by atoms with Gasteiger partial charge in [-0.2, -0.15) is 10.5 Å². The molecule has 1 unspecified atom stereocenters. The summed E-state index contributed by atoms with van der Waals surface area (Å²) in [7, 11) is 0. The van der Waals surface area contributed by atoms with E-state index in [1.54, 1.807) is 24.3 Å². The van der Waals surface area contributed by atoms with Gasteiger partial charge in [0.2, 0.25) is 0 Å². The summed E-state index contributed by atoms with van der Waals surface area (Å²) in [6.07, 6.45) is -0.171. The molecule has 26 heavy (non-hydrogen) atoms. The monoisotopic (exact) mass is 349 g/mol. The molecule has 0 aliphatic rings. The van der Waals surface area contributed by atoms with Crippen LogP contribution in [0.4, 0.5) is 5.69 Å². The van der Waals surface area contributed by atoms with Crippen molar-refractivity contribution in [3.05, 3.63) is 75.3 Å². The van der Waals surface area contributed by atoms with Crippen molar-refractivity contribution in [2.45, 2.75) is 6.10 Å². The first-order chi connectivity index (χ1) is 12.4. The molecule has 0 aliphatic heterocycles. The molecule has 0 aromatic heterocycles. The molecule has 0 saturated heterocycles. The minimum Gasteiger partial charge on any atom is -0.423 e. The van der Waals surface area contributed by atoms with Crippen LogP contribution in [0.1, 0.15) is 15.9 Å². The van der Waals surface area contributed by atoms with Crippen LogP contribution in [-0.4, -0.2) is 22.1 Å². The number of benzene rings is 2. The molecule has 0 radical (unpaired) electrons. The molecule has 1 N–H and O–H groups in total. The van der Waals surface area contributed by atoms with Gasteiger partial charge >= 0.3 is 5.97 Å². The molecule has 0 aliphatic carbocycles. The SMILES string of the molecule is N#CC(=Cc1ccc(OC(=O)c2ccc([N+](=O)[O-])cc2)cc1)C(O)C#N. The van der Waals surface area contributed by atoms with Gasteiger partial charge in [0, 0.05) is 12.1 Å². The van der Waals surface area contributed by atoms with E-state index < -0.39 is 17.0 Å². The fourth-order valence-electron chi connectivity index (χ4n) is 1.94. The summed E-state index contributed by atoms with van der Waals surface area (Å²) < 4.78 is 5.16. The number of aliphatic hydroxyl groups excluding tert-OH is 1. The van der Waals surface area contributed by atoms with E-state index >= 15 is 0 Å². The highest BCUT2D eigenvalue weighted by molar-refractivity contribution is 5.91. The maximum atomic E-state index is 12.0. The Bertz CT molecular complexity index is 935. The van der Waals surface area contributed by atoms with E-state index in [0.29, 0.717) is 5.56 Å². The zero-order valence-corrected chi connectivity index (χ0v) is 13.2. The van der Waals surface area contributed by atoms with Gasteiger partial charge in [-0.05, 0) is 35.9 Å². The second-order valence-electron chi connectivity index (χ2n) is 5.01. The second kappa shape index (κ2) is 8.20. The van der Waals surface area contributed by atoms with Crippen LogP contribution in [0.2, 0.25) is 0 Å². The Morgan fingerprint density at radius 1 is 1.15 bits per heavy atom. The average Bonchev–Trinajstić information content (AvgIpc) is 2.66. The van der Waals surface area contributed by atoms with Crippen LogP contribution in [0.25, 0.3) is 6.08 Å². The van der Waals surface area contributed by atoms with Crippen LogP contribution >= 0.6 is 0 Å². The van der Waals surface area contributed by atoms with E-state index in [1.165, 1.54) is 42.5 Å². The quantitative estimate of drug-likeness (QED) is 0.219. The molecule has 0 saturated carbocycles. The van der Waals surface area contributed by atoms with Crippen molar-refractivity contribution in [1.82, 2.24) is 0 Å². The Labute approximate surface area is 147 Å². The van der Waals surface area contributed by atoms with Crippen LogP contribution < -0.4 is 4.74 Å². The Hall–Kier alpha value is -4.01. The molecule has 2 rings (SSSR count). The number of carbonyl (C=O) groups excluding carboxylic acids is 1. The average molecular weight is 349 g/mol. The standard InChI is InChI=1S/C18H11N3O5/c19-10-14(17(22)11-20)9-12-1-7-16(8-2-12)26-18(23)13-3-5-15(6-4-13)21(24)25/h1-9,17,22H. The molecule has 128 valence electrons. The van der Waals surface area contributed by atoms with E-state index in [-0.39, 0.29) is 22.6 Å². The Morgan fingerprint density at radius 3 is 2.27 bits per heavy atom.